The zero-order valence-corrected chi connectivity index (χ0v) is 56.1. The van der Waals surface area contributed by atoms with Crippen molar-refractivity contribution in [3.05, 3.63) is 229 Å². The van der Waals surface area contributed by atoms with E-state index in [0.717, 1.165) is 118 Å². The summed E-state index contributed by atoms with van der Waals surface area (Å²) in [6, 6.07) is 75.7. The lowest BCUT2D eigenvalue weighted by Gasteiger charge is -2.33. The molecule has 8 heteroatoms. The molecule has 6 aromatic heterocycles. The molecule has 466 valence electrons. The molecule has 10 aromatic carbocycles. The van der Waals surface area contributed by atoms with Crippen LogP contribution in [0.3, 0.4) is 0 Å². The van der Waals surface area contributed by atoms with Crippen molar-refractivity contribution in [1.82, 2.24) is 19.9 Å². The van der Waals surface area contributed by atoms with Crippen molar-refractivity contribution in [1.29, 1.82) is 0 Å². The first-order valence-corrected chi connectivity index (χ1v) is 36.1. The maximum atomic E-state index is 6.38. The predicted molar refractivity (Wildman–Crippen MR) is 402 cm³/mol. The van der Waals surface area contributed by atoms with Crippen LogP contribution in [0.2, 0.25) is 0 Å². The Morgan fingerprint density at radius 2 is 0.747 bits per heavy atom. The molecule has 0 spiro atoms. The number of aryl methyl sites for hydroxylation is 2. The fraction of sp³-hybridized carbons (Fsp3) is 0.218. The van der Waals surface area contributed by atoms with E-state index < -0.39 is 0 Å². The first kappa shape index (κ1) is 59.2. The van der Waals surface area contributed by atoms with Crippen LogP contribution in [0.25, 0.3) is 163 Å². The van der Waals surface area contributed by atoms with Crippen LogP contribution in [-0.4, -0.2) is 19.9 Å². The summed E-state index contributed by atoms with van der Waals surface area (Å²) < 4.78 is 17.5. The Balaban J connectivity index is 0.723. The van der Waals surface area contributed by atoms with Crippen molar-refractivity contribution in [2.45, 2.75) is 123 Å². The highest BCUT2D eigenvalue weighted by Gasteiger charge is 2.42. The summed E-state index contributed by atoms with van der Waals surface area (Å²) in [6.45, 7) is 8.98. The number of fused-ring (bicyclic) bond motifs is 15. The second-order valence-corrected chi connectivity index (χ2v) is 28.9. The summed E-state index contributed by atoms with van der Waals surface area (Å²) >= 11 is 3.60. The van der Waals surface area contributed by atoms with Crippen LogP contribution in [-0.2, 0) is 5.41 Å². The molecule has 0 saturated carbocycles. The van der Waals surface area contributed by atoms with E-state index in [1.807, 2.05) is 29.5 Å². The van der Waals surface area contributed by atoms with E-state index in [-0.39, 0.29) is 5.41 Å². The SMILES string of the molecule is CCCCCCCCC1(CCCCCCCC)c2cc(C)ccc2-c2ccc(-c3cc(-c4ccc(-c5ccc(-c6cc(C)nc(-c7ccc8sc9cc%10oc%11ccccc%11c%10cc9c8c7)n6)cc5)cc4)nc(-c4ccc5sc6cc7oc8ccccc8c7cc6c5c4)n3)cc21. The van der Waals surface area contributed by atoms with Crippen molar-refractivity contribution < 1.29 is 8.83 Å². The summed E-state index contributed by atoms with van der Waals surface area (Å²) in [6.07, 6.45) is 17.7. The molecule has 0 amide bonds. The normalized spacial score (nSPS) is 12.9. The third-order valence-electron chi connectivity index (χ3n) is 20.5. The van der Waals surface area contributed by atoms with Gasteiger partial charge in [0.2, 0.25) is 0 Å². The summed E-state index contributed by atoms with van der Waals surface area (Å²) in [7, 11) is 0. The zero-order chi connectivity index (χ0) is 63.7. The van der Waals surface area contributed by atoms with Gasteiger partial charge in [-0.05, 0) is 151 Å². The molecular formula is C87H74N4O2S2. The average Bonchev–Trinajstić information content (AvgIpc) is 1.58. The molecule has 0 atom stereocenters. The lowest BCUT2D eigenvalue weighted by Crippen LogP contribution is -2.25. The number of nitrogens with zero attached hydrogens (tertiary/aromatic N) is 4. The molecule has 6 heterocycles. The van der Waals surface area contributed by atoms with E-state index in [1.54, 1.807) is 11.3 Å². The number of rotatable bonds is 20. The quantitative estimate of drug-likeness (QED) is 0.0708. The Morgan fingerprint density at radius 1 is 0.316 bits per heavy atom. The van der Waals surface area contributed by atoms with Crippen LogP contribution in [0.5, 0.6) is 0 Å². The van der Waals surface area contributed by atoms with Crippen LogP contribution in [0, 0.1) is 13.8 Å². The molecule has 0 radical (unpaired) electrons. The van der Waals surface area contributed by atoms with E-state index in [2.05, 4.69) is 216 Å². The van der Waals surface area contributed by atoms with Crippen molar-refractivity contribution in [3.63, 3.8) is 0 Å². The largest absolute Gasteiger partial charge is 0.456 e. The highest BCUT2D eigenvalue weighted by molar-refractivity contribution is 7.26. The number of furan rings is 2. The number of unbranched alkanes of at least 4 members (excludes halogenated alkanes) is 10. The first-order valence-electron chi connectivity index (χ1n) is 34.5. The zero-order valence-electron chi connectivity index (χ0n) is 54.5. The smallest absolute Gasteiger partial charge is 0.160 e. The maximum absolute atomic E-state index is 6.38. The Morgan fingerprint density at radius 3 is 1.29 bits per heavy atom. The van der Waals surface area contributed by atoms with Crippen molar-refractivity contribution in [3.8, 4) is 78.8 Å². The average molecular weight is 1270 g/mol. The molecule has 1 aliphatic rings. The molecule has 17 rings (SSSR count). The first-order chi connectivity index (χ1) is 46.7. The van der Waals surface area contributed by atoms with Gasteiger partial charge < -0.3 is 8.83 Å². The van der Waals surface area contributed by atoms with E-state index in [4.69, 9.17) is 28.8 Å². The molecule has 16 aromatic rings. The second kappa shape index (κ2) is 24.6. The van der Waals surface area contributed by atoms with Gasteiger partial charge in [-0.15, -0.1) is 22.7 Å². The van der Waals surface area contributed by atoms with Crippen molar-refractivity contribution >= 4 is 107 Å². The van der Waals surface area contributed by atoms with Crippen molar-refractivity contribution in [2.75, 3.05) is 0 Å². The van der Waals surface area contributed by atoms with Gasteiger partial charge in [-0.25, -0.2) is 19.9 Å². The maximum Gasteiger partial charge on any atom is 0.160 e. The molecule has 0 unspecified atom stereocenters. The Kier molecular flexibility index (Phi) is 15.3. The highest BCUT2D eigenvalue weighted by Crippen LogP contribution is 2.56. The lowest BCUT2D eigenvalue weighted by atomic mass is 9.70. The monoisotopic (exact) mass is 1270 g/mol. The van der Waals surface area contributed by atoms with Crippen LogP contribution in [0.4, 0.5) is 0 Å². The molecule has 0 N–H and O–H groups in total. The van der Waals surface area contributed by atoms with Gasteiger partial charge in [0.1, 0.15) is 22.3 Å². The second-order valence-electron chi connectivity index (χ2n) is 26.8. The van der Waals surface area contributed by atoms with Crippen molar-refractivity contribution in [2.24, 2.45) is 0 Å². The van der Waals surface area contributed by atoms with E-state index >= 15 is 0 Å². The van der Waals surface area contributed by atoms with E-state index in [9.17, 15) is 0 Å². The van der Waals surface area contributed by atoms with Gasteiger partial charge in [0.15, 0.2) is 11.6 Å². The summed E-state index contributed by atoms with van der Waals surface area (Å²) in [5.74, 6) is 1.43. The summed E-state index contributed by atoms with van der Waals surface area (Å²) in [4.78, 5) is 21.4. The van der Waals surface area contributed by atoms with E-state index in [1.165, 1.54) is 145 Å². The van der Waals surface area contributed by atoms with Crippen LogP contribution in [0.15, 0.2) is 215 Å². The van der Waals surface area contributed by atoms with Gasteiger partial charge in [-0.3, -0.25) is 0 Å². The number of hydrogen-bond donors (Lipinski definition) is 0. The number of aromatic nitrogens is 4. The fourth-order valence-corrected chi connectivity index (χ4v) is 17.7. The molecule has 0 aliphatic heterocycles. The van der Waals surface area contributed by atoms with Gasteiger partial charge in [-0.2, -0.15) is 0 Å². The molecule has 1 aliphatic carbocycles. The fourth-order valence-electron chi connectivity index (χ4n) is 15.5. The van der Waals surface area contributed by atoms with Crippen LogP contribution < -0.4 is 0 Å². The number of benzene rings is 10. The van der Waals surface area contributed by atoms with Gasteiger partial charge >= 0.3 is 0 Å². The molecule has 95 heavy (non-hydrogen) atoms. The molecular weight excluding hydrogens is 1200 g/mol. The van der Waals surface area contributed by atoms with Gasteiger partial charge in [0, 0.05) is 101 Å². The van der Waals surface area contributed by atoms with Crippen LogP contribution >= 0.6 is 22.7 Å². The lowest BCUT2D eigenvalue weighted by molar-refractivity contribution is 0.398. The number of para-hydroxylation sites is 2. The van der Waals surface area contributed by atoms with Gasteiger partial charge in [0.25, 0.3) is 0 Å². The minimum absolute atomic E-state index is 0.0652. The molecule has 0 bridgehead atoms. The Labute approximate surface area is 562 Å². The van der Waals surface area contributed by atoms with E-state index in [0.29, 0.717) is 11.6 Å². The molecule has 0 fully saturated rings. The summed E-state index contributed by atoms with van der Waals surface area (Å²) in [5, 5.41) is 9.38. The highest BCUT2D eigenvalue weighted by atomic mass is 32.1. The number of hydrogen-bond acceptors (Lipinski definition) is 8. The van der Waals surface area contributed by atoms with Crippen LogP contribution in [0.1, 0.15) is 126 Å². The minimum atomic E-state index is -0.0652. The standard InChI is InChI=1S/C87H74N4O2S2/c1-5-7-9-11-13-19-41-87(42-20-14-12-10-8-6-2)72-43-53(3)25-37-62(72)63-38-34-59(47-73(63)87)76-50-75(90-86(91-76)61-36-40-82-69(46-61)71-49-67-65-22-16-18-24-78(65)93-80(67)52-84(71)95-82)58-32-28-56(29-33-58)55-26-30-57(31-27-55)74-44-54(4)88-85(89-74)60-35-39-81-68(45-60)70-48-66-64-21-15-17-23-77(64)92-79(66)51-83(70)94-81/h15-18,21-40,43-52H,5-14,19-20,41-42H2,1-4H3. The summed E-state index contributed by atoms with van der Waals surface area (Å²) in [5.41, 5.74) is 21.8. The predicted octanol–water partition coefficient (Wildman–Crippen LogP) is 26.2. The molecule has 6 nitrogen and oxygen atoms in total. The molecule has 0 saturated heterocycles. The topological polar surface area (TPSA) is 77.8 Å². The van der Waals surface area contributed by atoms with Gasteiger partial charge in [0.05, 0.1) is 17.1 Å². The van der Waals surface area contributed by atoms with Gasteiger partial charge in [-0.1, -0.05) is 212 Å². The third kappa shape index (κ3) is 10.8. The Hall–Kier alpha value is -9.60. The minimum Gasteiger partial charge on any atom is -0.456 e. The Bertz CT molecular complexity index is 5610. The number of thiophene rings is 2. The third-order valence-corrected chi connectivity index (χ3v) is 22.7.